The van der Waals surface area contributed by atoms with Crippen LogP contribution in [0.5, 0.6) is 5.75 Å². The number of nitrogens with one attached hydrogen (secondary N) is 1. The number of hydrogen-bond acceptors (Lipinski definition) is 5. The third kappa shape index (κ3) is 4.76. The molecule has 2 atom stereocenters. The highest BCUT2D eigenvalue weighted by molar-refractivity contribution is 7.92. The minimum Gasteiger partial charge on any atom is -0.484 e. The summed E-state index contributed by atoms with van der Waals surface area (Å²) in [4.78, 5) is 27.1. The van der Waals surface area contributed by atoms with Crippen LogP contribution in [0.2, 0.25) is 0 Å². The number of nitrogens with zero attached hydrogens (tertiary/aromatic N) is 2. The zero-order valence-corrected chi connectivity index (χ0v) is 18.3. The quantitative estimate of drug-likeness (QED) is 0.703. The van der Waals surface area contributed by atoms with E-state index >= 15 is 0 Å². The number of para-hydroxylation sites is 1. The molecule has 9 heteroatoms. The van der Waals surface area contributed by atoms with Gasteiger partial charge in [0.15, 0.2) is 6.61 Å². The minimum atomic E-state index is -3.49. The number of amides is 1. The number of sulfonamides is 1. The van der Waals surface area contributed by atoms with Crippen LogP contribution in [0.25, 0.3) is 0 Å². The van der Waals surface area contributed by atoms with Crippen LogP contribution in [0.4, 0.5) is 5.69 Å². The van der Waals surface area contributed by atoms with E-state index in [9.17, 15) is 18.0 Å². The summed E-state index contributed by atoms with van der Waals surface area (Å²) >= 11 is 0. The first-order valence-electron chi connectivity index (χ1n) is 10.6. The van der Waals surface area contributed by atoms with Crippen molar-refractivity contribution in [3.63, 3.8) is 0 Å². The van der Waals surface area contributed by atoms with Gasteiger partial charge < -0.3 is 14.2 Å². The summed E-state index contributed by atoms with van der Waals surface area (Å²) in [6.45, 7) is 3.21. The molecule has 1 aromatic carbocycles. The van der Waals surface area contributed by atoms with Crippen molar-refractivity contribution in [1.82, 2.24) is 9.47 Å². The van der Waals surface area contributed by atoms with Crippen LogP contribution in [0.3, 0.4) is 0 Å². The lowest BCUT2D eigenvalue weighted by molar-refractivity contribution is -0.136. The van der Waals surface area contributed by atoms with Crippen molar-refractivity contribution in [3.05, 3.63) is 58.5 Å². The topological polar surface area (TPSA) is 97.7 Å². The number of ether oxygens (including phenoxy) is 1. The van der Waals surface area contributed by atoms with E-state index in [0.29, 0.717) is 43.2 Å². The molecule has 1 aromatic heterocycles. The number of aromatic nitrogens is 1. The lowest BCUT2D eigenvalue weighted by atomic mass is 9.82. The molecule has 31 heavy (non-hydrogen) atoms. The number of benzene rings is 1. The summed E-state index contributed by atoms with van der Waals surface area (Å²) < 4.78 is 34.6. The number of carbonyl (C=O) groups is 1. The summed E-state index contributed by atoms with van der Waals surface area (Å²) in [6, 6.07) is 12.1. The molecule has 3 heterocycles. The van der Waals surface area contributed by atoms with Crippen molar-refractivity contribution < 1.29 is 17.9 Å². The largest absolute Gasteiger partial charge is 0.484 e. The molecule has 2 aliphatic rings. The zero-order valence-electron chi connectivity index (χ0n) is 17.5. The van der Waals surface area contributed by atoms with Crippen LogP contribution in [0, 0.1) is 5.92 Å². The Bertz CT molecular complexity index is 1110. The van der Waals surface area contributed by atoms with Crippen molar-refractivity contribution in [3.8, 4) is 5.75 Å². The number of carbonyl (C=O) groups excluding carboxylic acids is 1. The molecule has 0 radical (unpaired) electrons. The number of fused-ring (bicyclic) bond motifs is 4. The van der Waals surface area contributed by atoms with Crippen molar-refractivity contribution in [2.45, 2.75) is 32.2 Å². The second-order valence-corrected chi connectivity index (χ2v) is 10.0. The molecule has 2 bridgehead atoms. The van der Waals surface area contributed by atoms with Crippen LogP contribution < -0.4 is 15.0 Å². The Morgan fingerprint density at radius 2 is 1.90 bits per heavy atom. The van der Waals surface area contributed by atoms with Gasteiger partial charge in [0, 0.05) is 31.6 Å². The Balaban J connectivity index is 1.54. The van der Waals surface area contributed by atoms with E-state index < -0.39 is 10.0 Å². The number of pyridine rings is 1. The Morgan fingerprint density at radius 3 is 2.65 bits per heavy atom. The van der Waals surface area contributed by atoms with E-state index in [1.165, 1.54) is 6.07 Å². The van der Waals surface area contributed by atoms with Gasteiger partial charge in [-0.15, -0.1) is 0 Å². The second-order valence-electron chi connectivity index (χ2n) is 8.20. The SMILES string of the molecule is CCCS(=O)(=O)Nc1ccc(=O)n2c1[C@H]1C[C@@H](CN(C(=O)COc3ccccc3)C1)C2. The van der Waals surface area contributed by atoms with Gasteiger partial charge in [-0.05, 0) is 37.0 Å². The highest BCUT2D eigenvalue weighted by atomic mass is 32.2. The summed E-state index contributed by atoms with van der Waals surface area (Å²) in [7, 11) is -3.49. The van der Waals surface area contributed by atoms with Crippen molar-refractivity contribution in [1.29, 1.82) is 0 Å². The van der Waals surface area contributed by atoms with Crippen LogP contribution in [0.1, 0.15) is 31.4 Å². The van der Waals surface area contributed by atoms with Gasteiger partial charge >= 0.3 is 0 Å². The lowest BCUT2D eigenvalue weighted by Crippen LogP contribution is -2.50. The Hall–Kier alpha value is -2.81. The van der Waals surface area contributed by atoms with Gasteiger partial charge in [0.2, 0.25) is 10.0 Å². The molecule has 4 rings (SSSR count). The first kappa shape index (κ1) is 21.4. The molecular weight excluding hydrogens is 418 g/mol. The van der Waals surface area contributed by atoms with E-state index in [1.54, 1.807) is 34.6 Å². The van der Waals surface area contributed by atoms with Crippen LogP contribution in [-0.2, 0) is 21.4 Å². The summed E-state index contributed by atoms with van der Waals surface area (Å²) in [5.74, 6) is 0.574. The number of hydrogen-bond donors (Lipinski definition) is 1. The third-order valence-corrected chi connectivity index (χ3v) is 7.26. The Labute approximate surface area is 181 Å². The van der Waals surface area contributed by atoms with E-state index in [4.69, 9.17) is 4.74 Å². The van der Waals surface area contributed by atoms with Gasteiger partial charge in [-0.1, -0.05) is 25.1 Å². The minimum absolute atomic E-state index is 0.0142. The smallest absolute Gasteiger partial charge is 0.260 e. The van der Waals surface area contributed by atoms with Crippen molar-refractivity contribution in [2.75, 3.05) is 30.2 Å². The molecule has 166 valence electrons. The van der Waals surface area contributed by atoms with Crippen LogP contribution in [0.15, 0.2) is 47.3 Å². The molecule has 2 aliphatic heterocycles. The Morgan fingerprint density at radius 1 is 1.13 bits per heavy atom. The summed E-state index contributed by atoms with van der Waals surface area (Å²) in [5.41, 5.74) is 0.964. The van der Waals surface area contributed by atoms with E-state index in [1.807, 2.05) is 18.2 Å². The maximum Gasteiger partial charge on any atom is 0.260 e. The van der Waals surface area contributed by atoms with Crippen molar-refractivity contribution in [2.24, 2.45) is 5.92 Å². The fraction of sp³-hybridized carbons (Fsp3) is 0.455. The van der Waals surface area contributed by atoms with Gasteiger partial charge in [0.25, 0.3) is 11.5 Å². The fourth-order valence-corrected chi connectivity index (χ4v) is 5.69. The standard InChI is InChI=1S/C22H27N3O5S/c1-2-10-31(28,29)23-19-8-9-20(26)25-13-16-11-17(22(19)25)14-24(12-16)21(27)15-30-18-6-4-3-5-7-18/h3-9,16-17,23H,2,10-15H2,1H3/t16-,17-/m0/s1. The molecule has 0 aliphatic carbocycles. The molecule has 0 saturated carbocycles. The Kier molecular flexibility index (Phi) is 6.04. The molecular formula is C22H27N3O5S. The maximum absolute atomic E-state index is 12.8. The third-order valence-electron chi connectivity index (χ3n) is 5.79. The average molecular weight is 446 g/mol. The highest BCUT2D eigenvalue weighted by Crippen LogP contribution is 2.38. The molecule has 1 saturated heterocycles. The van der Waals surface area contributed by atoms with E-state index in [0.717, 1.165) is 6.42 Å². The number of rotatable bonds is 7. The second kappa shape index (κ2) is 8.74. The highest BCUT2D eigenvalue weighted by Gasteiger charge is 2.38. The molecule has 0 unspecified atom stereocenters. The molecule has 2 aromatic rings. The van der Waals surface area contributed by atoms with E-state index in [-0.39, 0.29) is 35.7 Å². The first-order chi connectivity index (χ1) is 14.9. The van der Waals surface area contributed by atoms with Gasteiger partial charge in [0.05, 0.1) is 17.1 Å². The van der Waals surface area contributed by atoms with E-state index in [2.05, 4.69) is 4.72 Å². The monoisotopic (exact) mass is 445 g/mol. The van der Waals surface area contributed by atoms with Gasteiger partial charge in [-0.3, -0.25) is 14.3 Å². The lowest BCUT2D eigenvalue weighted by Gasteiger charge is -2.43. The molecule has 0 spiro atoms. The van der Waals surface area contributed by atoms with Gasteiger partial charge in [0.1, 0.15) is 5.75 Å². The molecule has 1 N–H and O–H groups in total. The summed E-state index contributed by atoms with van der Waals surface area (Å²) in [6.07, 6.45) is 1.31. The first-order valence-corrected chi connectivity index (χ1v) is 12.2. The van der Waals surface area contributed by atoms with Crippen molar-refractivity contribution >= 4 is 21.6 Å². The van der Waals surface area contributed by atoms with Crippen LogP contribution >= 0.6 is 0 Å². The predicted octanol–water partition coefficient (Wildman–Crippen LogP) is 2.02. The zero-order chi connectivity index (χ0) is 22.0. The molecule has 1 fully saturated rings. The molecule has 8 nitrogen and oxygen atoms in total. The van der Waals surface area contributed by atoms with Gasteiger partial charge in [-0.2, -0.15) is 0 Å². The predicted molar refractivity (Wildman–Crippen MR) is 118 cm³/mol. The average Bonchev–Trinajstić information content (AvgIpc) is 2.74. The normalized spacial score (nSPS) is 20.1. The number of piperidine rings is 1. The summed E-state index contributed by atoms with van der Waals surface area (Å²) in [5, 5.41) is 0. The number of anilines is 1. The number of likely N-dealkylation sites (tertiary alicyclic amines) is 1. The maximum atomic E-state index is 12.8. The molecule has 1 amide bonds. The van der Waals surface area contributed by atoms with Crippen LogP contribution in [-0.4, -0.2) is 49.2 Å². The fourth-order valence-electron chi connectivity index (χ4n) is 4.55. The van der Waals surface area contributed by atoms with Gasteiger partial charge in [-0.25, -0.2) is 8.42 Å².